The van der Waals surface area contributed by atoms with E-state index in [1.54, 1.807) is 6.33 Å². The van der Waals surface area contributed by atoms with Gasteiger partial charge in [0, 0.05) is 10.4 Å². The summed E-state index contributed by atoms with van der Waals surface area (Å²) < 4.78 is 1.18. The van der Waals surface area contributed by atoms with Crippen molar-refractivity contribution >= 4 is 32.3 Å². The first-order valence-electron chi connectivity index (χ1n) is 15.7. The van der Waals surface area contributed by atoms with Crippen LogP contribution in [0.25, 0.3) is 42.7 Å². The van der Waals surface area contributed by atoms with Crippen LogP contribution in [0.1, 0.15) is 101 Å². The SMILES string of the molecule is Cc1c(-c2ccc(C3CCC4(CCCCC4)CC3)cc2)sc2c(-c3cc(C(C)(C)C)c4ccccc4c3)ncnc12. The van der Waals surface area contributed by atoms with E-state index in [0.29, 0.717) is 5.41 Å². The van der Waals surface area contributed by atoms with E-state index in [4.69, 9.17) is 9.97 Å². The predicted octanol–water partition coefficient (Wildman–Crippen LogP) is 11.4. The molecule has 0 unspecified atom stereocenters. The summed E-state index contributed by atoms with van der Waals surface area (Å²) in [6.45, 7) is 9.12. The van der Waals surface area contributed by atoms with Crippen molar-refractivity contribution in [1.29, 1.82) is 0 Å². The zero-order valence-corrected chi connectivity index (χ0v) is 25.9. The lowest BCUT2D eigenvalue weighted by molar-refractivity contribution is 0.114. The second-order valence-corrected chi connectivity index (χ2v) is 14.9. The molecule has 41 heavy (non-hydrogen) atoms. The van der Waals surface area contributed by atoms with Crippen molar-refractivity contribution in [1.82, 2.24) is 9.97 Å². The molecule has 2 heterocycles. The summed E-state index contributed by atoms with van der Waals surface area (Å²) in [6, 6.07) is 22.9. The molecule has 0 bridgehead atoms. The summed E-state index contributed by atoms with van der Waals surface area (Å²) in [5, 5.41) is 2.59. The Morgan fingerprint density at radius 1 is 0.805 bits per heavy atom. The average Bonchev–Trinajstić information content (AvgIpc) is 3.33. The highest BCUT2D eigenvalue weighted by molar-refractivity contribution is 7.23. The maximum Gasteiger partial charge on any atom is 0.116 e. The number of nitrogens with zero attached hydrogens (tertiary/aromatic N) is 2. The van der Waals surface area contributed by atoms with Crippen LogP contribution >= 0.6 is 11.3 Å². The molecule has 3 heteroatoms. The number of benzene rings is 3. The van der Waals surface area contributed by atoms with E-state index < -0.39 is 0 Å². The summed E-state index contributed by atoms with van der Waals surface area (Å²) in [5.74, 6) is 0.725. The summed E-state index contributed by atoms with van der Waals surface area (Å²) in [6.07, 6.45) is 14.7. The van der Waals surface area contributed by atoms with Crippen molar-refractivity contribution in [3.05, 3.63) is 83.7 Å². The van der Waals surface area contributed by atoms with Crippen LogP contribution < -0.4 is 0 Å². The zero-order chi connectivity index (χ0) is 28.2. The smallest absolute Gasteiger partial charge is 0.116 e. The first-order valence-corrected chi connectivity index (χ1v) is 16.5. The Balaban J connectivity index is 1.22. The van der Waals surface area contributed by atoms with Gasteiger partial charge in [-0.2, -0.15) is 0 Å². The molecule has 0 atom stereocenters. The molecule has 0 N–H and O–H groups in total. The minimum Gasteiger partial charge on any atom is -0.235 e. The Bertz CT molecular complexity index is 1700. The Labute approximate surface area is 249 Å². The molecule has 0 aliphatic heterocycles. The van der Waals surface area contributed by atoms with Gasteiger partial charge in [0.15, 0.2) is 0 Å². The fourth-order valence-electron chi connectivity index (χ4n) is 7.84. The fourth-order valence-corrected chi connectivity index (χ4v) is 9.12. The van der Waals surface area contributed by atoms with E-state index in [1.807, 2.05) is 11.3 Å². The molecule has 210 valence electrons. The van der Waals surface area contributed by atoms with E-state index in [9.17, 15) is 0 Å². The molecule has 3 aromatic carbocycles. The Hall–Kier alpha value is -3.04. The molecule has 1 spiro atoms. The second-order valence-electron chi connectivity index (χ2n) is 13.9. The Morgan fingerprint density at radius 2 is 1.54 bits per heavy atom. The number of fused-ring (bicyclic) bond motifs is 2. The van der Waals surface area contributed by atoms with Crippen LogP contribution in [0, 0.1) is 12.3 Å². The summed E-state index contributed by atoms with van der Waals surface area (Å²) in [7, 11) is 0. The predicted molar refractivity (Wildman–Crippen MR) is 176 cm³/mol. The van der Waals surface area contributed by atoms with Crippen molar-refractivity contribution in [2.24, 2.45) is 5.41 Å². The fraction of sp³-hybridized carbons (Fsp3) is 0.421. The van der Waals surface area contributed by atoms with E-state index in [-0.39, 0.29) is 5.41 Å². The molecule has 7 rings (SSSR count). The van der Waals surface area contributed by atoms with Gasteiger partial charge in [0.25, 0.3) is 0 Å². The van der Waals surface area contributed by atoms with Gasteiger partial charge < -0.3 is 0 Å². The standard InChI is InChI=1S/C38H42N2S/c1-25-33-36(34(40-24-39-33)30-22-29-10-6-7-11-31(29)32(23-30)37(2,3)4)41-35(25)28-14-12-26(13-15-28)27-16-20-38(21-17-27)18-8-5-9-19-38/h6-7,10-15,22-24,27H,5,8-9,16-21H2,1-4H3. The van der Waals surface area contributed by atoms with Crippen molar-refractivity contribution in [3.8, 4) is 21.7 Å². The number of thiophene rings is 1. The summed E-state index contributed by atoms with van der Waals surface area (Å²) >= 11 is 1.85. The van der Waals surface area contributed by atoms with E-state index in [2.05, 4.69) is 88.4 Å². The number of aromatic nitrogens is 2. The van der Waals surface area contributed by atoms with E-state index in [1.165, 1.54) is 106 Å². The molecular formula is C38H42N2S. The minimum absolute atomic E-state index is 0.0371. The van der Waals surface area contributed by atoms with Gasteiger partial charge in [-0.3, -0.25) is 0 Å². The van der Waals surface area contributed by atoms with Crippen molar-refractivity contribution in [2.45, 2.75) is 96.8 Å². The maximum atomic E-state index is 4.87. The van der Waals surface area contributed by atoms with Crippen LogP contribution in [-0.4, -0.2) is 9.97 Å². The third-order valence-electron chi connectivity index (χ3n) is 10.3. The number of aryl methyl sites for hydroxylation is 1. The van der Waals surface area contributed by atoms with Gasteiger partial charge in [-0.05, 0) is 107 Å². The van der Waals surface area contributed by atoms with Gasteiger partial charge in [-0.25, -0.2) is 9.97 Å². The highest BCUT2D eigenvalue weighted by Crippen LogP contribution is 2.51. The molecule has 2 aliphatic carbocycles. The Morgan fingerprint density at radius 3 is 2.27 bits per heavy atom. The van der Waals surface area contributed by atoms with E-state index >= 15 is 0 Å². The van der Waals surface area contributed by atoms with Crippen LogP contribution in [0.15, 0.2) is 67.0 Å². The van der Waals surface area contributed by atoms with Crippen LogP contribution in [0.4, 0.5) is 0 Å². The zero-order valence-electron chi connectivity index (χ0n) is 25.1. The molecule has 0 amide bonds. The molecule has 2 aromatic heterocycles. The highest BCUT2D eigenvalue weighted by Gasteiger charge is 2.36. The molecule has 2 fully saturated rings. The molecule has 2 nitrogen and oxygen atoms in total. The van der Waals surface area contributed by atoms with Gasteiger partial charge in [-0.15, -0.1) is 11.3 Å². The second kappa shape index (κ2) is 10.3. The highest BCUT2D eigenvalue weighted by atomic mass is 32.1. The van der Waals surface area contributed by atoms with Crippen LogP contribution in [0.2, 0.25) is 0 Å². The quantitative estimate of drug-likeness (QED) is 0.220. The first-order chi connectivity index (χ1) is 19.8. The van der Waals surface area contributed by atoms with Crippen molar-refractivity contribution in [3.63, 3.8) is 0 Å². The normalized spacial score (nSPS) is 18.0. The van der Waals surface area contributed by atoms with Gasteiger partial charge in [0.1, 0.15) is 6.33 Å². The van der Waals surface area contributed by atoms with Gasteiger partial charge in [-0.1, -0.05) is 88.6 Å². The van der Waals surface area contributed by atoms with Crippen molar-refractivity contribution < 1.29 is 0 Å². The van der Waals surface area contributed by atoms with Crippen LogP contribution in [0.3, 0.4) is 0 Å². The van der Waals surface area contributed by atoms with Crippen LogP contribution in [0.5, 0.6) is 0 Å². The van der Waals surface area contributed by atoms with Gasteiger partial charge in [0.05, 0.1) is 15.9 Å². The maximum absolute atomic E-state index is 4.87. The molecule has 5 aromatic rings. The average molecular weight is 559 g/mol. The van der Waals surface area contributed by atoms with Crippen LogP contribution in [-0.2, 0) is 5.41 Å². The first kappa shape index (κ1) is 26.8. The lowest BCUT2D eigenvalue weighted by atomic mass is 9.62. The molecule has 2 saturated carbocycles. The molecule has 2 aliphatic rings. The Kier molecular flexibility index (Phi) is 6.77. The van der Waals surface area contributed by atoms with Crippen molar-refractivity contribution in [2.75, 3.05) is 0 Å². The largest absolute Gasteiger partial charge is 0.235 e. The van der Waals surface area contributed by atoms with Gasteiger partial charge >= 0.3 is 0 Å². The van der Waals surface area contributed by atoms with Gasteiger partial charge in [0.2, 0.25) is 0 Å². The lowest BCUT2D eigenvalue weighted by Gasteiger charge is -2.43. The molecule has 0 saturated heterocycles. The summed E-state index contributed by atoms with van der Waals surface area (Å²) in [4.78, 5) is 11.0. The number of rotatable bonds is 3. The third-order valence-corrected chi connectivity index (χ3v) is 11.6. The topological polar surface area (TPSA) is 25.8 Å². The third kappa shape index (κ3) is 4.91. The summed E-state index contributed by atoms with van der Waals surface area (Å²) in [5.41, 5.74) is 9.47. The number of hydrogen-bond acceptors (Lipinski definition) is 3. The lowest BCUT2D eigenvalue weighted by Crippen LogP contribution is -2.29. The van der Waals surface area contributed by atoms with E-state index in [0.717, 1.165) is 17.1 Å². The monoisotopic (exact) mass is 558 g/mol. The molecule has 0 radical (unpaired) electrons. The minimum atomic E-state index is 0.0371. The number of hydrogen-bond donors (Lipinski definition) is 0. The molecular weight excluding hydrogens is 516 g/mol.